The van der Waals surface area contributed by atoms with Gasteiger partial charge in [-0.1, -0.05) is 104 Å². The quantitative estimate of drug-likeness (QED) is 0.167. The van der Waals surface area contributed by atoms with Gasteiger partial charge in [0.25, 0.3) is 0 Å². The Morgan fingerprint density at radius 3 is 2.15 bits per heavy atom. The molecule has 4 aliphatic heterocycles. The van der Waals surface area contributed by atoms with Crippen molar-refractivity contribution in [2.75, 3.05) is 25.0 Å². The van der Waals surface area contributed by atoms with E-state index in [1.54, 1.807) is 24.3 Å². The molecule has 0 aliphatic carbocycles. The molecular formula is C44H43N3O6. The predicted octanol–water partition coefficient (Wildman–Crippen LogP) is 6.19. The zero-order valence-electron chi connectivity index (χ0n) is 29.5. The molecule has 4 heterocycles. The van der Waals surface area contributed by atoms with E-state index in [0.717, 1.165) is 43.2 Å². The normalized spacial score (nSPS) is 26.7. The summed E-state index contributed by atoms with van der Waals surface area (Å²) in [6, 6.07) is 29.1. The van der Waals surface area contributed by atoms with Crippen molar-refractivity contribution < 1.29 is 29.3 Å². The highest BCUT2D eigenvalue weighted by Crippen LogP contribution is 2.65. The predicted molar refractivity (Wildman–Crippen MR) is 199 cm³/mol. The Labute approximate surface area is 309 Å². The molecule has 0 saturated carbocycles. The highest BCUT2D eigenvalue weighted by molar-refractivity contribution is 6.12. The molecule has 0 bridgehead atoms. The van der Waals surface area contributed by atoms with E-state index in [-0.39, 0.29) is 30.6 Å². The van der Waals surface area contributed by atoms with Crippen molar-refractivity contribution in [3.63, 3.8) is 0 Å². The maximum absolute atomic E-state index is 15.5. The molecule has 0 aromatic heterocycles. The smallest absolute Gasteiger partial charge is 0.324 e. The summed E-state index contributed by atoms with van der Waals surface area (Å²) >= 11 is 0. The summed E-state index contributed by atoms with van der Waals surface area (Å²) in [6.45, 7) is 0.986. The summed E-state index contributed by atoms with van der Waals surface area (Å²) in [7, 11) is 0. The number of hydrogen-bond acceptors (Lipinski definition) is 7. The van der Waals surface area contributed by atoms with Crippen LogP contribution in [-0.4, -0.2) is 63.5 Å². The molecule has 3 N–H and O–H groups in total. The van der Waals surface area contributed by atoms with Gasteiger partial charge in [0.05, 0.1) is 24.6 Å². The van der Waals surface area contributed by atoms with Gasteiger partial charge in [-0.05, 0) is 65.4 Å². The van der Waals surface area contributed by atoms with E-state index in [1.807, 2.05) is 83.8 Å². The molecule has 53 heavy (non-hydrogen) atoms. The molecule has 0 radical (unpaired) electrons. The number of benzene rings is 4. The topological polar surface area (TPSA) is 119 Å². The first kappa shape index (κ1) is 34.6. The number of cyclic esters (lactones) is 1. The number of esters is 1. The number of rotatable bonds is 5. The Kier molecular flexibility index (Phi) is 9.50. The largest absolute Gasteiger partial charge is 0.508 e. The minimum absolute atomic E-state index is 0.0585. The van der Waals surface area contributed by atoms with Crippen molar-refractivity contribution in [1.29, 1.82) is 0 Å². The molecule has 6 atom stereocenters. The average molecular weight is 710 g/mol. The van der Waals surface area contributed by atoms with E-state index in [0.29, 0.717) is 35.5 Å². The number of amides is 2. The van der Waals surface area contributed by atoms with Gasteiger partial charge >= 0.3 is 5.97 Å². The number of carbonyl (C=O) groups is 3. The van der Waals surface area contributed by atoms with Crippen molar-refractivity contribution in [3.05, 3.63) is 131 Å². The number of carbonyl (C=O) groups excluding carboxylic acids is 3. The number of aliphatic hydroxyl groups excluding tert-OH is 1. The van der Waals surface area contributed by atoms with Crippen molar-refractivity contribution in [2.24, 2.45) is 5.92 Å². The molecule has 270 valence electrons. The summed E-state index contributed by atoms with van der Waals surface area (Å²) in [6.07, 6.45) is 4.31. The summed E-state index contributed by atoms with van der Waals surface area (Å²) in [5.41, 5.74) is 2.53. The van der Waals surface area contributed by atoms with Gasteiger partial charge in [0.1, 0.15) is 23.3 Å². The second-order valence-electron chi connectivity index (χ2n) is 14.4. The fourth-order valence-electron chi connectivity index (χ4n) is 9.19. The Bertz CT molecular complexity index is 2050. The number of nitrogens with one attached hydrogen (secondary N) is 1. The third-order valence-corrected chi connectivity index (χ3v) is 11.4. The van der Waals surface area contributed by atoms with E-state index in [4.69, 9.17) is 4.74 Å². The van der Waals surface area contributed by atoms with E-state index in [1.165, 1.54) is 0 Å². The van der Waals surface area contributed by atoms with Gasteiger partial charge in [0.15, 0.2) is 0 Å². The van der Waals surface area contributed by atoms with Crippen LogP contribution in [0.1, 0.15) is 84.5 Å². The Morgan fingerprint density at radius 1 is 0.811 bits per heavy atom. The van der Waals surface area contributed by atoms with Gasteiger partial charge in [0, 0.05) is 30.8 Å². The van der Waals surface area contributed by atoms with Gasteiger partial charge in [-0.2, -0.15) is 0 Å². The number of phenolic OH excluding ortho intramolecular Hbond substituents is 1. The number of hydrogen-bond donors (Lipinski definition) is 3. The van der Waals surface area contributed by atoms with E-state index >= 15 is 9.59 Å². The van der Waals surface area contributed by atoms with Crippen LogP contribution < -0.4 is 5.32 Å². The molecular weight excluding hydrogens is 666 g/mol. The molecule has 8 rings (SSSR count). The van der Waals surface area contributed by atoms with E-state index < -0.39 is 41.5 Å². The first-order chi connectivity index (χ1) is 25.9. The third-order valence-electron chi connectivity index (χ3n) is 11.4. The van der Waals surface area contributed by atoms with Crippen LogP contribution in [0.2, 0.25) is 0 Å². The first-order valence-electron chi connectivity index (χ1n) is 18.6. The van der Waals surface area contributed by atoms with Crippen LogP contribution in [0.4, 0.5) is 5.69 Å². The Morgan fingerprint density at radius 2 is 1.47 bits per heavy atom. The number of aliphatic hydroxyl groups is 1. The van der Waals surface area contributed by atoms with Crippen LogP contribution in [0.3, 0.4) is 0 Å². The molecule has 1 spiro atoms. The van der Waals surface area contributed by atoms with Crippen molar-refractivity contribution in [3.8, 4) is 17.6 Å². The molecule has 3 saturated heterocycles. The summed E-state index contributed by atoms with van der Waals surface area (Å²) in [5, 5.41) is 23.1. The number of anilines is 1. The third kappa shape index (κ3) is 5.96. The second kappa shape index (κ2) is 14.5. The standard InChI is InChI=1S/C44H43N3O6/c48-27-13-10-14-29-19-24-35-34(28-29)44(43(52)45-35)36(41(50)46-25-11-2-1-3-12-26-46)38-42(51)53-39(31-17-8-5-9-18-31)37(30-15-6-4-7-16-30)47(38)40(44)32-20-22-33(49)23-21-32/h4-9,15-24,28,36-40,48-49H,1-3,11-13,25-27H2,(H,45,52)/t36-,37-,38-,39+,40+,44-/m1/s1. The molecule has 4 aromatic carbocycles. The minimum atomic E-state index is -1.59. The van der Waals surface area contributed by atoms with Gasteiger partial charge < -0.3 is 25.2 Å². The van der Waals surface area contributed by atoms with Crippen LogP contribution in [0, 0.1) is 17.8 Å². The first-order valence-corrected chi connectivity index (χ1v) is 18.6. The number of morpholine rings is 1. The molecule has 9 nitrogen and oxygen atoms in total. The van der Waals surface area contributed by atoms with Crippen molar-refractivity contribution >= 4 is 23.5 Å². The maximum Gasteiger partial charge on any atom is 0.324 e. The molecule has 4 aliphatic rings. The summed E-state index contributed by atoms with van der Waals surface area (Å²) in [5.74, 6) is 3.86. The monoisotopic (exact) mass is 709 g/mol. The fraction of sp³-hybridized carbons (Fsp3) is 0.341. The number of ether oxygens (including phenoxy) is 1. The number of aromatic hydroxyl groups is 1. The lowest BCUT2D eigenvalue weighted by molar-refractivity contribution is -0.179. The zero-order valence-corrected chi connectivity index (χ0v) is 29.5. The Hall–Kier alpha value is -5.43. The highest BCUT2D eigenvalue weighted by atomic mass is 16.6. The van der Waals surface area contributed by atoms with Gasteiger partial charge in [-0.3, -0.25) is 19.3 Å². The molecule has 3 fully saturated rings. The van der Waals surface area contributed by atoms with Crippen LogP contribution in [-0.2, 0) is 24.5 Å². The molecule has 2 amide bonds. The molecule has 0 unspecified atom stereocenters. The lowest BCUT2D eigenvalue weighted by Gasteiger charge is -2.46. The second-order valence-corrected chi connectivity index (χ2v) is 14.4. The minimum Gasteiger partial charge on any atom is -0.508 e. The van der Waals surface area contributed by atoms with E-state index in [9.17, 15) is 15.0 Å². The Balaban J connectivity index is 1.43. The van der Waals surface area contributed by atoms with Gasteiger partial charge in [-0.25, -0.2) is 0 Å². The SMILES string of the molecule is O=C1O[C@@H](c2ccccc2)[C@@H](c2ccccc2)N2[C@@H](c3ccc(O)cc3)[C@]3(C(=O)Nc4ccc(C#CCCO)cc43)[C@@H](C(=O)N3CCCCCCC3)[C@H]12. The fourth-order valence-corrected chi connectivity index (χ4v) is 9.19. The van der Waals surface area contributed by atoms with Crippen molar-refractivity contribution in [2.45, 2.75) is 68.2 Å². The van der Waals surface area contributed by atoms with E-state index in [2.05, 4.69) is 22.1 Å². The van der Waals surface area contributed by atoms with Crippen molar-refractivity contribution in [1.82, 2.24) is 9.80 Å². The van der Waals surface area contributed by atoms with Gasteiger partial charge in [-0.15, -0.1) is 0 Å². The average Bonchev–Trinajstić information content (AvgIpc) is 3.64. The highest BCUT2D eigenvalue weighted by Gasteiger charge is 2.74. The van der Waals surface area contributed by atoms with Crippen LogP contribution in [0.15, 0.2) is 103 Å². The number of likely N-dealkylation sites (tertiary alicyclic amines) is 1. The summed E-state index contributed by atoms with van der Waals surface area (Å²) in [4.78, 5) is 49.7. The number of phenols is 1. The lowest BCUT2D eigenvalue weighted by atomic mass is 9.65. The maximum atomic E-state index is 15.5. The zero-order chi connectivity index (χ0) is 36.5. The lowest BCUT2D eigenvalue weighted by Crippen LogP contribution is -2.55. The van der Waals surface area contributed by atoms with Crippen LogP contribution in [0.5, 0.6) is 5.75 Å². The summed E-state index contributed by atoms with van der Waals surface area (Å²) < 4.78 is 6.52. The number of fused-ring (bicyclic) bond motifs is 3. The molecule has 9 heteroatoms. The van der Waals surface area contributed by atoms with Gasteiger partial charge in [0.2, 0.25) is 11.8 Å². The number of nitrogens with zero attached hydrogens (tertiary/aromatic N) is 2. The molecule has 4 aromatic rings. The van der Waals surface area contributed by atoms with Crippen LogP contribution >= 0.6 is 0 Å². The van der Waals surface area contributed by atoms with Crippen LogP contribution in [0.25, 0.3) is 0 Å².